The third kappa shape index (κ3) is 2.76. The molecule has 0 radical (unpaired) electrons. The zero-order chi connectivity index (χ0) is 14.8. The van der Waals surface area contributed by atoms with E-state index in [0.29, 0.717) is 6.04 Å². The summed E-state index contributed by atoms with van der Waals surface area (Å²) in [5.74, 6) is 1.86. The van der Waals surface area contributed by atoms with Crippen molar-refractivity contribution < 1.29 is 4.74 Å². The summed E-state index contributed by atoms with van der Waals surface area (Å²) in [7, 11) is 0. The van der Waals surface area contributed by atoms with Gasteiger partial charge in [0.1, 0.15) is 17.1 Å². The van der Waals surface area contributed by atoms with Gasteiger partial charge in [0.2, 0.25) is 0 Å². The average Bonchev–Trinajstić information content (AvgIpc) is 3.11. The number of nitrogens with zero attached hydrogens (tertiary/aromatic N) is 2. The summed E-state index contributed by atoms with van der Waals surface area (Å²) < 4.78 is 8.22. The predicted molar refractivity (Wildman–Crippen MR) is 87.3 cm³/mol. The van der Waals surface area contributed by atoms with E-state index in [4.69, 9.17) is 21.3 Å². The van der Waals surface area contributed by atoms with Crippen LogP contribution in [0.2, 0.25) is 0 Å². The zero-order valence-electron chi connectivity index (χ0n) is 12.8. The van der Waals surface area contributed by atoms with E-state index in [1.54, 1.807) is 0 Å². The Balaban J connectivity index is 2.12. The summed E-state index contributed by atoms with van der Waals surface area (Å²) in [5, 5.41) is -0.0861. The first-order valence-electron chi connectivity index (χ1n) is 8.00. The monoisotopic (exact) mass is 306 g/mol. The van der Waals surface area contributed by atoms with Crippen molar-refractivity contribution in [3.8, 4) is 5.75 Å². The molecule has 1 heterocycles. The number of fused-ring (bicyclic) bond motifs is 1. The van der Waals surface area contributed by atoms with Crippen LogP contribution in [0.15, 0.2) is 18.2 Å². The summed E-state index contributed by atoms with van der Waals surface area (Å²) in [4.78, 5) is 4.82. The van der Waals surface area contributed by atoms with E-state index >= 15 is 0 Å². The van der Waals surface area contributed by atoms with Gasteiger partial charge in [0.05, 0.1) is 17.5 Å². The molecule has 3 nitrogen and oxygen atoms in total. The van der Waals surface area contributed by atoms with Gasteiger partial charge in [0.15, 0.2) is 0 Å². The van der Waals surface area contributed by atoms with Gasteiger partial charge in [-0.3, -0.25) is 0 Å². The molecular formula is C17H23ClN2O. The van der Waals surface area contributed by atoms with Crippen molar-refractivity contribution in [3.05, 3.63) is 24.0 Å². The summed E-state index contributed by atoms with van der Waals surface area (Å²) in [5.41, 5.74) is 2.12. The lowest BCUT2D eigenvalue weighted by molar-refractivity contribution is 0.320. The molecule has 0 saturated heterocycles. The smallest absolute Gasteiger partial charge is 0.147 e. The van der Waals surface area contributed by atoms with Gasteiger partial charge in [-0.1, -0.05) is 25.8 Å². The fourth-order valence-electron chi connectivity index (χ4n) is 3.26. The lowest BCUT2D eigenvalue weighted by atomic mass is 10.2. The van der Waals surface area contributed by atoms with E-state index in [0.717, 1.165) is 35.6 Å². The number of alkyl halides is 1. The van der Waals surface area contributed by atoms with Gasteiger partial charge >= 0.3 is 0 Å². The number of hydrogen-bond acceptors (Lipinski definition) is 2. The van der Waals surface area contributed by atoms with Crippen molar-refractivity contribution in [1.29, 1.82) is 0 Å². The molecule has 21 heavy (non-hydrogen) atoms. The summed E-state index contributed by atoms with van der Waals surface area (Å²) >= 11 is 6.39. The van der Waals surface area contributed by atoms with Gasteiger partial charge in [-0.2, -0.15) is 0 Å². The van der Waals surface area contributed by atoms with Crippen molar-refractivity contribution in [2.24, 2.45) is 0 Å². The molecule has 1 aromatic carbocycles. The molecule has 0 N–H and O–H groups in total. The number of ether oxygens (including phenoxy) is 1. The lowest BCUT2D eigenvalue weighted by Crippen LogP contribution is -2.09. The molecule has 4 heteroatoms. The van der Waals surface area contributed by atoms with Gasteiger partial charge < -0.3 is 9.30 Å². The normalized spacial score (nSPS) is 17.5. The van der Waals surface area contributed by atoms with Gasteiger partial charge in [-0.15, -0.1) is 11.6 Å². The summed E-state index contributed by atoms with van der Waals surface area (Å²) in [6.07, 6.45) is 6.04. The molecule has 3 rings (SSSR count). The van der Waals surface area contributed by atoms with Crippen LogP contribution in [0, 0.1) is 0 Å². The maximum absolute atomic E-state index is 6.39. The topological polar surface area (TPSA) is 27.1 Å². The van der Waals surface area contributed by atoms with Crippen LogP contribution in [0.5, 0.6) is 5.75 Å². The minimum absolute atomic E-state index is 0.0861. The van der Waals surface area contributed by atoms with E-state index in [2.05, 4.69) is 23.6 Å². The van der Waals surface area contributed by atoms with Crippen molar-refractivity contribution in [2.45, 2.75) is 57.4 Å². The third-order valence-electron chi connectivity index (χ3n) is 4.22. The van der Waals surface area contributed by atoms with Crippen LogP contribution in [0.1, 0.15) is 63.2 Å². The first kappa shape index (κ1) is 14.7. The van der Waals surface area contributed by atoms with Crippen LogP contribution in [0.4, 0.5) is 0 Å². The number of halogens is 1. The minimum atomic E-state index is -0.0861. The number of hydrogen-bond donors (Lipinski definition) is 0. The Bertz CT molecular complexity index is 615. The number of imidazole rings is 1. The van der Waals surface area contributed by atoms with E-state index in [9.17, 15) is 0 Å². The Morgan fingerprint density at radius 1 is 1.38 bits per heavy atom. The van der Waals surface area contributed by atoms with Crippen LogP contribution >= 0.6 is 11.6 Å². The molecule has 0 spiro atoms. The second-order valence-corrected chi connectivity index (χ2v) is 6.52. The van der Waals surface area contributed by atoms with Crippen molar-refractivity contribution in [3.63, 3.8) is 0 Å². The molecule has 1 saturated carbocycles. The van der Waals surface area contributed by atoms with Gasteiger partial charge in [0.25, 0.3) is 0 Å². The Labute approximate surface area is 131 Å². The molecular weight excluding hydrogens is 284 g/mol. The Morgan fingerprint density at radius 2 is 2.14 bits per heavy atom. The first-order chi connectivity index (χ1) is 10.2. The highest BCUT2D eigenvalue weighted by Crippen LogP contribution is 2.38. The fraction of sp³-hybridized carbons (Fsp3) is 0.588. The molecule has 1 unspecified atom stereocenters. The Hall–Kier alpha value is -1.22. The summed E-state index contributed by atoms with van der Waals surface area (Å²) in [6.45, 7) is 4.84. The SMILES string of the molecule is CCCOc1cccc2c1nc(C(C)Cl)n2C1CCCC1. The van der Waals surface area contributed by atoms with E-state index in [1.165, 1.54) is 25.7 Å². The molecule has 1 aromatic heterocycles. The third-order valence-corrected chi connectivity index (χ3v) is 4.41. The predicted octanol–water partition coefficient (Wildman–Crippen LogP) is 5.24. The van der Waals surface area contributed by atoms with Crippen molar-refractivity contribution in [1.82, 2.24) is 9.55 Å². The lowest BCUT2D eigenvalue weighted by Gasteiger charge is -2.17. The molecule has 0 amide bonds. The molecule has 0 bridgehead atoms. The average molecular weight is 307 g/mol. The van der Waals surface area contributed by atoms with E-state index < -0.39 is 0 Å². The standard InChI is InChI=1S/C17H23ClN2O/c1-3-11-21-15-10-6-9-14-16(15)19-17(12(2)18)20(14)13-7-4-5-8-13/h6,9-10,12-13H,3-5,7-8,11H2,1-2H3. The zero-order valence-corrected chi connectivity index (χ0v) is 13.6. The molecule has 1 fully saturated rings. The molecule has 1 atom stereocenters. The quantitative estimate of drug-likeness (QED) is 0.706. The van der Waals surface area contributed by atoms with Crippen LogP contribution in [0.3, 0.4) is 0 Å². The second-order valence-electron chi connectivity index (χ2n) is 5.87. The highest BCUT2D eigenvalue weighted by atomic mass is 35.5. The van der Waals surface area contributed by atoms with Crippen LogP contribution in [-0.2, 0) is 0 Å². The minimum Gasteiger partial charge on any atom is -0.491 e. The van der Waals surface area contributed by atoms with Crippen LogP contribution in [0.25, 0.3) is 11.0 Å². The Morgan fingerprint density at radius 3 is 2.81 bits per heavy atom. The first-order valence-corrected chi connectivity index (χ1v) is 8.43. The maximum atomic E-state index is 6.39. The second kappa shape index (κ2) is 6.27. The molecule has 0 aliphatic heterocycles. The number of benzene rings is 1. The van der Waals surface area contributed by atoms with Gasteiger partial charge in [-0.25, -0.2) is 4.98 Å². The number of rotatable bonds is 5. The Kier molecular flexibility index (Phi) is 4.39. The number of aromatic nitrogens is 2. The van der Waals surface area contributed by atoms with Crippen LogP contribution < -0.4 is 4.74 Å². The highest BCUT2D eigenvalue weighted by Gasteiger charge is 2.25. The molecule has 1 aliphatic carbocycles. The maximum Gasteiger partial charge on any atom is 0.147 e. The van der Waals surface area contributed by atoms with Crippen molar-refractivity contribution in [2.75, 3.05) is 6.61 Å². The van der Waals surface area contributed by atoms with Gasteiger partial charge in [0, 0.05) is 6.04 Å². The number of para-hydroxylation sites is 1. The molecule has 114 valence electrons. The van der Waals surface area contributed by atoms with E-state index in [1.807, 2.05) is 13.0 Å². The van der Waals surface area contributed by atoms with Crippen molar-refractivity contribution >= 4 is 22.6 Å². The summed E-state index contributed by atoms with van der Waals surface area (Å²) in [6, 6.07) is 6.74. The molecule has 1 aliphatic rings. The molecule has 2 aromatic rings. The van der Waals surface area contributed by atoms with E-state index in [-0.39, 0.29) is 5.38 Å². The van der Waals surface area contributed by atoms with Crippen LogP contribution in [-0.4, -0.2) is 16.2 Å². The largest absolute Gasteiger partial charge is 0.491 e. The fourth-order valence-corrected chi connectivity index (χ4v) is 3.42. The highest BCUT2D eigenvalue weighted by molar-refractivity contribution is 6.20. The van der Waals surface area contributed by atoms with Gasteiger partial charge in [-0.05, 0) is 38.3 Å².